The number of carbonyl (C=O) groups excluding carboxylic acids is 1. The minimum absolute atomic E-state index is 0.153. The molecule has 0 fully saturated rings. The Morgan fingerprint density at radius 1 is 1.24 bits per heavy atom. The second kappa shape index (κ2) is 7.83. The Morgan fingerprint density at radius 3 is 2.33 bits per heavy atom. The third-order valence-corrected chi connectivity index (χ3v) is 3.15. The number of phosphoric acid groups is 1. The van der Waals surface area contributed by atoms with Crippen LogP contribution in [0.2, 0.25) is 0 Å². The Bertz CT molecular complexity index is 538. The second-order valence-electron chi connectivity index (χ2n) is 3.98. The molecular weight excluding hydrogens is 299 g/mol. The molecule has 1 aromatic carbocycles. The molecule has 1 rings (SSSR count). The molecular formula is C13H17O7P. The zero-order valence-corrected chi connectivity index (χ0v) is 12.7. The highest BCUT2D eigenvalue weighted by atomic mass is 31.2. The number of phosphoric ester groups is 1. The molecule has 0 saturated heterocycles. The van der Waals surface area contributed by atoms with E-state index in [-0.39, 0.29) is 24.5 Å². The predicted octanol–water partition coefficient (Wildman–Crippen LogP) is 2.31. The van der Waals surface area contributed by atoms with Crippen LogP contribution in [-0.2, 0) is 18.6 Å². The Morgan fingerprint density at radius 2 is 1.81 bits per heavy atom. The summed E-state index contributed by atoms with van der Waals surface area (Å²) < 4.78 is 30.8. The lowest BCUT2D eigenvalue weighted by molar-refractivity contribution is -0.139. The normalized spacial score (nSPS) is 13.1. The van der Waals surface area contributed by atoms with Gasteiger partial charge in [0, 0.05) is 5.57 Å². The Hall–Kier alpha value is -1.82. The van der Waals surface area contributed by atoms with Crippen molar-refractivity contribution in [1.82, 2.24) is 0 Å². The molecule has 116 valence electrons. The number of hydrogen-bond donors (Lipinski definition) is 1. The van der Waals surface area contributed by atoms with Gasteiger partial charge in [0.1, 0.15) is 18.1 Å². The lowest BCUT2D eigenvalue weighted by atomic mass is 10.3. The first kappa shape index (κ1) is 17.2. The summed E-state index contributed by atoms with van der Waals surface area (Å²) in [6, 6.07) is 6.08. The smallest absolute Gasteiger partial charge is 0.497 e. The molecule has 21 heavy (non-hydrogen) atoms. The van der Waals surface area contributed by atoms with Crippen molar-refractivity contribution < 1.29 is 32.8 Å². The summed E-state index contributed by atoms with van der Waals surface area (Å²) in [5.41, 5.74) is 0.233. The number of carbonyl (C=O) groups is 1. The Balaban J connectivity index is 2.40. The maximum atomic E-state index is 11.6. The molecule has 0 saturated carbocycles. The van der Waals surface area contributed by atoms with Gasteiger partial charge in [0.25, 0.3) is 0 Å². The van der Waals surface area contributed by atoms with E-state index >= 15 is 0 Å². The average Bonchev–Trinajstić information content (AvgIpc) is 2.43. The molecule has 0 aliphatic rings. The summed E-state index contributed by atoms with van der Waals surface area (Å²) >= 11 is 0. The van der Waals surface area contributed by atoms with Crippen molar-refractivity contribution in [2.45, 2.75) is 6.92 Å². The molecule has 0 amide bonds. The zero-order valence-electron chi connectivity index (χ0n) is 11.8. The van der Waals surface area contributed by atoms with Crippen molar-refractivity contribution >= 4 is 13.8 Å². The van der Waals surface area contributed by atoms with Gasteiger partial charge in [-0.15, -0.1) is 0 Å². The molecule has 0 radical (unpaired) electrons. The van der Waals surface area contributed by atoms with E-state index in [1.165, 1.54) is 26.2 Å². The standard InChI is InChI=1S/C13H17O7P/c1-10(2)13(14)18-8-9-19-21(15,16)20-12-6-4-11(17-3)5-7-12/h4-7H,1,8-9H2,2-3H3,(H,15,16). The lowest BCUT2D eigenvalue weighted by Gasteiger charge is -2.13. The van der Waals surface area contributed by atoms with Crippen LogP contribution >= 0.6 is 7.82 Å². The van der Waals surface area contributed by atoms with E-state index in [0.29, 0.717) is 5.75 Å². The molecule has 7 nitrogen and oxygen atoms in total. The quantitative estimate of drug-likeness (QED) is 0.340. The van der Waals surface area contributed by atoms with Crippen molar-refractivity contribution in [2.75, 3.05) is 20.3 Å². The third kappa shape index (κ3) is 6.44. The number of ether oxygens (including phenoxy) is 2. The molecule has 1 unspecified atom stereocenters. The maximum absolute atomic E-state index is 11.6. The van der Waals surface area contributed by atoms with Crippen LogP contribution in [0.1, 0.15) is 6.92 Å². The summed E-state index contributed by atoms with van der Waals surface area (Å²) in [5, 5.41) is 0. The van der Waals surface area contributed by atoms with E-state index in [1.54, 1.807) is 12.1 Å². The summed E-state index contributed by atoms with van der Waals surface area (Å²) in [4.78, 5) is 20.6. The average molecular weight is 316 g/mol. The third-order valence-electron chi connectivity index (χ3n) is 2.20. The van der Waals surface area contributed by atoms with Crippen molar-refractivity contribution in [1.29, 1.82) is 0 Å². The van der Waals surface area contributed by atoms with Crippen LogP contribution in [0.4, 0.5) is 0 Å². The molecule has 0 aliphatic heterocycles. The van der Waals surface area contributed by atoms with Gasteiger partial charge in [0.05, 0.1) is 13.7 Å². The van der Waals surface area contributed by atoms with Gasteiger partial charge in [0.15, 0.2) is 0 Å². The van der Waals surface area contributed by atoms with Crippen molar-refractivity contribution in [3.63, 3.8) is 0 Å². The minimum Gasteiger partial charge on any atom is -0.497 e. The fraction of sp³-hybridized carbons (Fsp3) is 0.308. The van der Waals surface area contributed by atoms with Crippen molar-refractivity contribution in [3.05, 3.63) is 36.4 Å². The van der Waals surface area contributed by atoms with E-state index in [4.69, 9.17) is 14.0 Å². The zero-order chi connectivity index (χ0) is 15.9. The number of methoxy groups -OCH3 is 1. The summed E-state index contributed by atoms with van der Waals surface area (Å²) in [5.74, 6) is 0.144. The van der Waals surface area contributed by atoms with Gasteiger partial charge in [-0.1, -0.05) is 6.58 Å². The first-order valence-electron chi connectivity index (χ1n) is 5.97. The SMILES string of the molecule is C=C(C)C(=O)OCCOP(=O)(O)Oc1ccc(OC)cc1. The highest BCUT2D eigenvalue weighted by Gasteiger charge is 2.23. The van der Waals surface area contributed by atoms with Gasteiger partial charge >= 0.3 is 13.8 Å². The van der Waals surface area contributed by atoms with E-state index in [1.807, 2.05) is 0 Å². The van der Waals surface area contributed by atoms with Crippen LogP contribution in [0.25, 0.3) is 0 Å². The first-order chi connectivity index (χ1) is 9.84. The first-order valence-corrected chi connectivity index (χ1v) is 7.47. The topological polar surface area (TPSA) is 91.3 Å². The van der Waals surface area contributed by atoms with Crippen LogP contribution in [0.3, 0.4) is 0 Å². The summed E-state index contributed by atoms with van der Waals surface area (Å²) in [6.07, 6.45) is 0. The van der Waals surface area contributed by atoms with E-state index in [9.17, 15) is 14.3 Å². The molecule has 1 N–H and O–H groups in total. The fourth-order valence-corrected chi connectivity index (χ4v) is 1.95. The minimum atomic E-state index is -4.28. The number of rotatable bonds is 8. The molecule has 0 spiro atoms. The predicted molar refractivity (Wildman–Crippen MR) is 75.2 cm³/mol. The molecule has 0 aliphatic carbocycles. The highest BCUT2D eigenvalue weighted by Crippen LogP contribution is 2.43. The van der Waals surface area contributed by atoms with Crippen LogP contribution < -0.4 is 9.26 Å². The molecule has 0 aromatic heterocycles. The molecule has 0 bridgehead atoms. The largest absolute Gasteiger partial charge is 0.527 e. The van der Waals surface area contributed by atoms with E-state index in [0.717, 1.165) is 0 Å². The van der Waals surface area contributed by atoms with Crippen LogP contribution in [0, 0.1) is 0 Å². The van der Waals surface area contributed by atoms with Gasteiger partial charge in [-0.2, -0.15) is 0 Å². The van der Waals surface area contributed by atoms with Gasteiger partial charge in [-0.25, -0.2) is 9.36 Å². The van der Waals surface area contributed by atoms with E-state index < -0.39 is 13.8 Å². The summed E-state index contributed by atoms with van der Waals surface area (Å²) in [6.45, 7) is 4.44. The van der Waals surface area contributed by atoms with Gasteiger partial charge in [0.2, 0.25) is 0 Å². The lowest BCUT2D eigenvalue weighted by Crippen LogP contribution is -2.11. The molecule has 1 aromatic rings. The Kier molecular flexibility index (Phi) is 6.42. The number of esters is 1. The highest BCUT2D eigenvalue weighted by molar-refractivity contribution is 7.47. The van der Waals surface area contributed by atoms with E-state index in [2.05, 4.69) is 11.1 Å². The number of benzene rings is 1. The van der Waals surface area contributed by atoms with Crippen LogP contribution in [0.5, 0.6) is 11.5 Å². The van der Waals surface area contributed by atoms with Gasteiger partial charge in [-0.3, -0.25) is 9.42 Å². The molecule has 8 heteroatoms. The van der Waals surface area contributed by atoms with Gasteiger partial charge in [-0.05, 0) is 31.2 Å². The fourth-order valence-electron chi connectivity index (χ4n) is 1.21. The van der Waals surface area contributed by atoms with Crippen molar-refractivity contribution in [2.24, 2.45) is 0 Å². The second-order valence-corrected chi connectivity index (χ2v) is 5.36. The summed E-state index contributed by atoms with van der Waals surface area (Å²) in [7, 11) is -2.77. The molecule has 1 atom stereocenters. The van der Waals surface area contributed by atoms with Gasteiger partial charge < -0.3 is 14.0 Å². The Labute approximate surface area is 122 Å². The maximum Gasteiger partial charge on any atom is 0.527 e. The van der Waals surface area contributed by atoms with Crippen LogP contribution in [0.15, 0.2) is 36.4 Å². The monoisotopic (exact) mass is 316 g/mol. The number of hydrogen-bond acceptors (Lipinski definition) is 6. The van der Waals surface area contributed by atoms with Crippen LogP contribution in [-0.4, -0.2) is 31.2 Å². The molecule has 0 heterocycles. The van der Waals surface area contributed by atoms with Crippen molar-refractivity contribution in [3.8, 4) is 11.5 Å².